The molecule has 11 heteroatoms. The zero-order chi connectivity index (χ0) is 29.0. The van der Waals surface area contributed by atoms with Crippen LogP contribution in [0.5, 0.6) is 0 Å². The summed E-state index contributed by atoms with van der Waals surface area (Å²) in [7, 11) is -2.18. The number of hydrogen-bond acceptors (Lipinski definition) is 7. The van der Waals surface area contributed by atoms with E-state index in [4.69, 9.17) is 21.3 Å². The first-order chi connectivity index (χ1) is 19.7. The predicted molar refractivity (Wildman–Crippen MR) is 164 cm³/mol. The summed E-state index contributed by atoms with van der Waals surface area (Å²) in [5.41, 5.74) is 3.06. The molecule has 4 aromatic rings. The number of hydrogen-bond donors (Lipinski definition) is 0. The molecule has 0 bridgehead atoms. The predicted octanol–water partition coefficient (Wildman–Crippen LogP) is 5.45. The van der Waals surface area contributed by atoms with Crippen molar-refractivity contribution >= 4 is 54.2 Å². The molecular formula is C30H33ClN4O4S2. The van der Waals surface area contributed by atoms with E-state index in [1.54, 1.807) is 24.1 Å². The molecule has 0 spiro atoms. The average molecular weight is 613 g/mol. The van der Waals surface area contributed by atoms with Crippen molar-refractivity contribution in [3.05, 3.63) is 88.4 Å². The number of thiazole rings is 1. The number of anilines is 1. The van der Waals surface area contributed by atoms with E-state index in [1.165, 1.54) is 27.8 Å². The Morgan fingerprint density at radius 2 is 1.78 bits per heavy atom. The van der Waals surface area contributed by atoms with E-state index >= 15 is 0 Å². The largest absolute Gasteiger partial charge is 0.379 e. The molecule has 8 nitrogen and oxygen atoms in total. The van der Waals surface area contributed by atoms with Gasteiger partial charge in [0.05, 0.1) is 28.3 Å². The Kier molecular flexibility index (Phi) is 9.38. The van der Waals surface area contributed by atoms with Crippen LogP contribution in [0.2, 0.25) is 5.02 Å². The highest BCUT2D eigenvalue weighted by atomic mass is 35.5. The third kappa shape index (κ3) is 6.97. The maximum absolute atomic E-state index is 13.9. The summed E-state index contributed by atoms with van der Waals surface area (Å²) in [5.74, 6) is -0.226. The van der Waals surface area contributed by atoms with E-state index in [0.29, 0.717) is 22.3 Å². The number of ether oxygens (including phenoxy) is 1. The van der Waals surface area contributed by atoms with E-state index in [1.807, 2.05) is 49.4 Å². The molecular weight excluding hydrogens is 580 g/mol. The van der Waals surface area contributed by atoms with Crippen LogP contribution >= 0.6 is 22.9 Å². The fourth-order valence-electron chi connectivity index (χ4n) is 4.85. The van der Waals surface area contributed by atoms with Crippen LogP contribution in [0.15, 0.2) is 71.6 Å². The highest BCUT2D eigenvalue weighted by Crippen LogP contribution is 2.34. The molecule has 1 aromatic heterocycles. The molecule has 0 unspecified atom stereocenters. The Balaban J connectivity index is 1.37. The van der Waals surface area contributed by atoms with Gasteiger partial charge < -0.3 is 4.74 Å². The number of benzene rings is 3. The van der Waals surface area contributed by atoms with Crippen LogP contribution in [0.3, 0.4) is 0 Å². The number of nitrogens with zero attached hydrogens (tertiary/aromatic N) is 4. The van der Waals surface area contributed by atoms with Gasteiger partial charge in [-0.15, -0.1) is 0 Å². The summed E-state index contributed by atoms with van der Waals surface area (Å²) in [4.78, 5) is 22.8. The summed E-state index contributed by atoms with van der Waals surface area (Å²) < 4.78 is 34.1. The number of amides is 1. The Hall–Kier alpha value is -2.86. The minimum Gasteiger partial charge on any atom is -0.379 e. The first kappa shape index (κ1) is 29.6. The number of fused-ring (bicyclic) bond motifs is 1. The number of carbonyl (C=O) groups is 1. The number of carbonyl (C=O) groups excluding carboxylic acids is 1. The van der Waals surface area contributed by atoms with E-state index in [2.05, 4.69) is 4.90 Å². The number of rotatable bonds is 10. The van der Waals surface area contributed by atoms with Crippen LogP contribution in [-0.4, -0.2) is 75.0 Å². The molecule has 5 rings (SSSR count). The summed E-state index contributed by atoms with van der Waals surface area (Å²) >= 11 is 7.72. The molecule has 0 aliphatic carbocycles. The second-order valence-corrected chi connectivity index (χ2v) is 13.6. The Morgan fingerprint density at radius 1 is 1.07 bits per heavy atom. The van der Waals surface area contributed by atoms with Crippen LogP contribution in [-0.2, 0) is 21.3 Å². The zero-order valence-corrected chi connectivity index (χ0v) is 25.5. The van der Waals surface area contributed by atoms with Crippen LogP contribution < -0.4 is 4.90 Å². The van der Waals surface area contributed by atoms with Gasteiger partial charge in [-0.25, -0.2) is 13.4 Å². The SMILES string of the molecule is Cc1cc(Cl)cc2sc(N(CCCN3CCOCC3)C(=O)c3ccc(S(=O)(=O)N(C)Cc4ccccc4)cc3)nc12. The number of sulfonamides is 1. The smallest absolute Gasteiger partial charge is 0.260 e. The molecule has 41 heavy (non-hydrogen) atoms. The van der Waals surface area contributed by atoms with E-state index in [0.717, 1.165) is 60.6 Å². The van der Waals surface area contributed by atoms with Crippen molar-refractivity contribution in [2.24, 2.45) is 0 Å². The van der Waals surface area contributed by atoms with Crippen molar-refractivity contribution < 1.29 is 17.9 Å². The van der Waals surface area contributed by atoms with Gasteiger partial charge in [-0.1, -0.05) is 53.3 Å². The van der Waals surface area contributed by atoms with Crippen molar-refractivity contribution in [3.8, 4) is 0 Å². The van der Waals surface area contributed by atoms with Crippen molar-refractivity contribution in [1.29, 1.82) is 0 Å². The average Bonchev–Trinajstić information content (AvgIpc) is 3.40. The van der Waals surface area contributed by atoms with Gasteiger partial charge in [-0.2, -0.15) is 4.31 Å². The Morgan fingerprint density at radius 3 is 2.49 bits per heavy atom. The van der Waals surface area contributed by atoms with Gasteiger partial charge in [0.1, 0.15) is 0 Å². The monoisotopic (exact) mass is 612 g/mol. The van der Waals surface area contributed by atoms with Gasteiger partial charge in [0.15, 0.2) is 5.13 Å². The normalized spacial score (nSPS) is 14.5. The topological polar surface area (TPSA) is 83.0 Å². The highest BCUT2D eigenvalue weighted by Gasteiger charge is 2.25. The zero-order valence-electron chi connectivity index (χ0n) is 23.1. The lowest BCUT2D eigenvalue weighted by atomic mass is 10.2. The Bertz CT molecular complexity index is 1610. The first-order valence-corrected chi connectivity index (χ1v) is 16.1. The highest BCUT2D eigenvalue weighted by molar-refractivity contribution is 7.89. The van der Waals surface area contributed by atoms with Crippen LogP contribution in [0.4, 0.5) is 5.13 Å². The van der Waals surface area contributed by atoms with Crippen molar-refractivity contribution in [2.45, 2.75) is 24.8 Å². The number of aryl methyl sites for hydroxylation is 1. The van der Waals surface area contributed by atoms with Crippen molar-refractivity contribution in [2.75, 3.05) is 51.3 Å². The third-order valence-corrected chi connectivity index (χ3v) is 10.2. The van der Waals surface area contributed by atoms with Gasteiger partial charge >= 0.3 is 0 Å². The maximum atomic E-state index is 13.9. The Labute approximate surface area is 250 Å². The lowest BCUT2D eigenvalue weighted by Crippen LogP contribution is -2.39. The lowest BCUT2D eigenvalue weighted by Gasteiger charge is -2.27. The second kappa shape index (κ2) is 13.0. The quantitative estimate of drug-likeness (QED) is 0.237. The molecule has 3 aromatic carbocycles. The molecule has 1 fully saturated rings. The van der Waals surface area contributed by atoms with Crippen LogP contribution in [0, 0.1) is 6.92 Å². The fourth-order valence-corrected chi connectivity index (χ4v) is 7.45. The van der Waals surface area contributed by atoms with Crippen molar-refractivity contribution in [3.63, 3.8) is 0 Å². The van der Waals surface area contributed by atoms with Crippen molar-refractivity contribution in [1.82, 2.24) is 14.2 Å². The summed E-state index contributed by atoms with van der Waals surface area (Å²) in [6, 6.07) is 19.3. The molecule has 0 N–H and O–H groups in total. The molecule has 216 valence electrons. The summed E-state index contributed by atoms with van der Waals surface area (Å²) in [5, 5.41) is 1.22. The molecule has 0 radical (unpaired) electrons. The molecule has 1 amide bonds. The lowest BCUT2D eigenvalue weighted by molar-refractivity contribution is 0.0376. The fraction of sp³-hybridized carbons (Fsp3) is 0.333. The van der Waals surface area contributed by atoms with Gasteiger partial charge in [-0.3, -0.25) is 14.6 Å². The standard InChI is InChI=1S/C30H33ClN4O4S2/c1-22-19-25(31)20-27-28(22)32-30(40-27)35(14-6-13-34-15-17-39-18-16-34)29(36)24-9-11-26(12-10-24)41(37,38)33(2)21-23-7-4-3-5-8-23/h3-5,7-12,19-20H,6,13-18,21H2,1-2H3. The number of halogens is 1. The van der Waals surface area contributed by atoms with E-state index < -0.39 is 10.0 Å². The molecule has 1 saturated heterocycles. The summed E-state index contributed by atoms with van der Waals surface area (Å²) in [6.45, 7) is 6.71. The number of morpholine rings is 1. The maximum Gasteiger partial charge on any atom is 0.260 e. The summed E-state index contributed by atoms with van der Waals surface area (Å²) in [6.07, 6.45) is 0.762. The third-order valence-electron chi connectivity index (χ3n) is 7.13. The minimum atomic E-state index is -3.73. The van der Waals surface area contributed by atoms with Crippen LogP contribution in [0.25, 0.3) is 10.2 Å². The number of aromatic nitrogens is 1. The molecule has 1 aliphatic heterocycles. The molecule has 0 saturated carbocycles. The van der Waals surface area contributed by atoms with E-state index in [9.17, 15) is 13.2 Å². The second-order valence-electron chi connectivity index (χ2n) is 10.1. The molecule has 0 atom stereocenters. The van der Waals surface area contributed by atoms with Gasteiger partial charge in [0, 0.05) is 50.4 Å². The molecule has 1 aliphatic rings. The van der Waals surface area contributed by atoms with Gasteiger partial charge in [0.25, 0.3) is 5.91 Å². The van der Waals surface area contributed by atoms with Crippen LogP contribution in [0.1, 0.15) is 27.9 Å². The molecule has 2 heterocycles. The minimum absolute atomic E-state index is 0.136. The van der Waals surface area contributed by atoms with Gasteiger partial charge in [0.2, 0.25) is 10.0 Å². The van der Waals surface area contributed by atoms with Gasteiger partial charge in [-0.05, 0) is 60.9 Å². The first-order valence-electron chi connectivity index (χ1n) is 13.5. The van der Waals surface area contributed by atoms with E-state index in [-0.39, 0.29) is 17.3 Å².